The van der Waals surface area contributed by atoms with Gasteiger partial charge in [-0.1, -0.05) is 6.92 Å². The van der Waals surface area contributed by atoms with Crippen molar-refractivity contribution in [1.82, 2.24) is 0 Å². The zero-order valence-corrected chi connectivity index (χ0v) is 5.84. The first-order valence-corrected chi connectivity index (χ1v) is 3.29. The lowest BCUT2D eigenvalue weighted by atomic mass is 10.4. The van der Waals surface area contributed by atoms with Crippen molar-refractivity contribution in [3.8, 4) is 0 Å². The van der Waals surface area contributed by atoms with Gasteiger partial charge >= 0.3 is 0 Å². The van der Waals surface area contributed by atoms with Crippen LogP contribution in [0.15, 0.2) is 12.3 Å². The summed E-state index contributed by atoms with van der Waals surface area (Å²) in [6.45, 7) is 3.02. The molecule has 0 bridgehead atoms. The van der Waals surface area contributed by atoms with Crippen molar-refractivity contribution < 1.29 is 9.84 Å². The summed E-state index contributed by atoms with van der Waals surface area (Å²) in [7, 11) is 0. The third-order valence-corrected chi connectivity index (χ3v) is 0.810. The fourth-order valence-corrected chi connectivity index (χ4v) is 0.397. The lowest BCUT2D eigenvalue weighted by Crippen LogP contribution is -1.83. The highest BCUT2D eigenvalue weighted by atomic mass is 16.5. The van der Waals surface area contributed by atoms with Gasteiger partial charge in [-0.2, -0.15) is 0 Å². The van der Waals surface area contributed by atoms with Gasteiger partial charge in [-0.05, 0) is 18.9 Å². The van der Waals surface area contributed by atoms with E-state index >= 15 is 0 Å². The lowest BCUT2D eigenvalue weighted by Gasteiger charge is -1.93. The van der Waals surface area contributed by atoms with Gasteiger partial charge in [-0.15, -0.1) is 0 Å². The molecule has 0 amide bonds. The van der Waals surface area contributed by atoms with Gasteiger partial charge in [0.2, 0.25) is 0 Å². The van der Waals surface area contributed by atoms with Gasteiger partial charge in [0, 0.05) is 6.61 Å². The minimum absolute atomic E-state index is 0.200. The number of hydrogen-bond donors (Lipinski definition) is 1. The van der Waals surface area contributed by atoms with Gasteiger partial charge in [0.25, 0.3) is 0 Å². The first kappa shape index (κ1) is 8.50. The number of aliphatic hydroxyl groups is 1. The maximum atomic E-state index is 8.32. The molecule has 1 N–H and O–H groups in total. The van der Waals surface area contributed by atoms with E-state index in [9.17, 15) is 0 Å². The maximum Gasteiger partial charge on any atom is 0.0870 e. The minimum atomic E-state index is 0.200. The topological polar surface area (TPSA) is 29.5 Å². The Morgan fingerprint density at radius 3 is 2.89 bits per heavy atom. The molecule has 9 heavy (non-hydrogen) atoms. The number of aliphatic hydroxyl groups excluding tert-OH is 1. The Labute approximate surface area is 56.1 Å². The first-order chi connectivity index (χ1) is 4.41. The van der Waals surface area contributed by atoms with Crippen LogP contribution in [-0.4, -0.2) is 18.3 Å². The van der Waals surface area contributed by atoms with E-state index in [1.54, 1.807) is 6.26 Å². The molecule has 54 valence electrons. The molecule has 0 spiro atoms. The average Bonchev–Trinajstić information content (AvgIpc) is 1.89. The number of hydrogen-bond acceptors (Lipinski definition) is 2. The summed E-state index contributed by atoms with van der Waals surface area (Å²) in [6, 6.07) is 0. The van der Waals surface area contributed by atoms with Crippen molar-refractivity contribution in [2.24, 2.45) is 0 Å². The molecule has 0 saturated carbocycles. The fourth-order valence-electron chi connectivity index (χ4n) is 0.397. The summed E-state index contributed by atoms with van der Waals surface area (Å²) in [6.07, 6.45) is 5.17. The van der Waals surface area contributed by atoms with E-state index in [-0.39, 0.29) is 6.61 Å². The molecule has 0 fully saturated rings. The zero-order valence-electron chi connectivity index (χ0n) is 5.84. The van der Waals surface area contributed by atoms with Crippen LogP contribution in [-0.2, 0) is 4.74 Å². The molecule has 0 aliphatic rings. The van der Waals surface area contributed by atoms with Crippen LogP contribution in [0.4, 0.5) is 0 Å². The molecule has 0 radical (unpaired) electrons. The van der Waals surface area contributed by atoms with Gasteiger partial charge in [0.1, 0.15) is 0 Å². The Hall–Kier alpha value is -0.500. The summed E-state index contributed by atoms with van der Waals surface area (Å²) in [5.41, 5.74) is 0. The van der Waals surface area contributed by atoms with Crippen LogP contribution >= 0.6 is 0 Å². The molecule has 0 aliphatic carbocycles. The van der Waals surface area contributed by atoms with E-state index in [0.717, 1.165) is 13.0 Å². The van der Waals surface area contributed by atoms with Crippen LogP contribution in [0.25, 0.3) is 0 Å². The highest BCUT2D eigenvalue weighted by Crippen LogP contribution is 1.84. The molecule has 2 heteroatoms. The van der Waals surface area contributed by atoms with Crippen molar-refractivity contribution in [2.75, 3.05) is 13.2 Å². The summed E-state index contributed by atoms with van der Waals surface area (Å²) in [5, 5.41) is 8.32. The molecule has 0 heterocycles. The maximum absolute atomic E-state index is 8.32. The standard InChI is InChI=1S/C7H14O2/c1-2-6-9-7-4-3-5-8/h4,7-8H,2-3,5-6H2,1H3. The van der Waals surface area contributed by atoms with E-state index in [1.165, 1.54) is 0 Å². The van der Waals surface area contributed by atoms with Crippen LogP contribution in [0, 0.1) is 0 Å². The monoisotopic (exact) mass is 130 g/mol. The van der Waals surface area contributed by atoms with Gasteiger partial charge in [-0.25, -0.2) is 0 Å². The second-order valence-electron chi connectivity index (χ2n) is 1.75. The van der Waals surface area contributed by atoms with Crippen LogP contribution in [0.1, 0.15) is 19.8 Å². The van der Waals surface area contributed by atoms with Gasteiger partial charge in [0.15, 0.2) is 0 Å². The second-order valence-corrected chi connectivity index (χ2v) is 1.75. The molecule has 0 aromatic heterocycles. The summed E-state index contributed by atoms with van der Waals surface area (Å²) in [4.78, 5) is 0. The second kappa shape index (κ2) is 7.50. The van der Waals surface area contributed by atoms with Crippen molar-refractivity contribution in [2.45, 2.75) is 19.8 Å². The summed E-state index contributed by atoms with van der Waals surface area (Å²) in [5.74, 6) is 0. The largest absolute Gasteiger partial charge is 0.502 e. The number of ether oxygens (including phenoxy) is 1. The Morgan fingerprint density at radius 2 is 2.33 bits per heavy atom. The molecule has 0 atom stereocenters. The predicted molar refractivity (Wildman–Crippen MR) is 37.1 cm³/mol. The summed E-state index contributed by atoms with van der Waals surface area (Å²) < 4.78 is 4.99. The highest BCUT2D eigenvalue weighted by Gasteiger charge is 1.75. The predicted octanol–water partition coefficient (Wildman–Crippen LogP) is 1.31. The van der Waals surface area contributed by atoms with Crippen LogP contribution < -0.4 is 0 Å². The van der Waals surface area contributed by atoms with Gasteiger partial charge in [-0.3, -0.25) is 0 Å². The molecule has 0 unspecified atom stereocenters. The molecule has 0 saturated heterocycles. The van der Waals surface area contributed by atoms with E-state index in [1.807, 2.05) is 6.08 Å². The highest BCUT2D eigenvalue weighted by molar-refractivity contribution is 4.72. The van der Waals surface area contributed by atoms with E-state index in [2.05, 4.69) is 6.92 Å². The Balaban J connectivity index is 2.86. The van der Waals surface area contributed by atoms with Crippen LogP contribution in [0.2, 0.25) is 0 Å². The van der Waals surface area contributed by atoms with Crippen LogP contribution in [0.3, 0.4) is 0 Å². The molecule has 2 nitrogen and oxygen atoms in total. The number of rotatable bonds is 5. The van der Waals surface area contributed by atoms with Crippen molar-refractivity contribution in [1.29, 1.82) is 0 Å². The van der Waals surface area contributed by atoms with Gasteiger partial charge < -0.3 is 9.84 Å². The van der Waals surface area contributed by atoms with E-state index in [0.29, 0.717) is 6.42 Å². The van der Waals surface area contributed by atoms with Gasteiger partial charge in [0.05, 0.1) is 12.9 Å². The molecule has 0 aromatic carbocycles. The average molecular weight is 130 g/mol. The quantitative estimate of drug-likeness (QED) is 0.449. The Kier molecular flexibility index (Phi) is 7.08. The normalized spacial score (nSPS) is 10.4. The van der Waals surface area contributed by atoms with Crippen molar-refractivity contribution in [3.05, 3.63) is 12.3 Å². The molecular formula is C7H14O2. The Morgan fingerprint density at radius 1 is 1.56 bits per heavy atom. The minimum Gasteiger partial charge on any atom is -0.502 e. The Bertz CT molecular complexity index is 69.3. The molecular weight excluding hydrogens is 116 g/mol. The van der Waals surface area contributed by atoms with E-state index in [4.69, 9.17) is 9.84 Å². The summed E-state index contributed by atoms with van der Waals surface area (Å²) >= 11 is 0. The molecule has 0 rings (SSSR count). The third-order valence-electron chi connectivity index (χ3n) is 0.810. The van der Waals surface area contributed by atoms with Crippen molar-refractivity contribution >= 4 is 0 Å². The third kappa shape index (κ3) is 7.50. The van der Waals surface area contributed by atoms with Crippen LogP contribution in [0.5, 0.6) is 0 Å². The SMILES string of the molecule is CCCOC=CCCO. The van der Waals surface area contributed by atoms with Crippen molar-refractivity contribution in [3.63, 3.8) is 0 Å². The molecule has 0 aromatic rings. The zero-order chi connectivity index (χ0) is 6.95. The smallest absolute Gasteiger partial charge is 0.0870 e. The first-order valence-electron chi connectivity index (χ1n) is 3.29. The molecule has 0 aliphatic heterocycles. The lowest BCUT2D eigenvalue weighted by molar-refractivity contribution is 0.246. The van der Waals surface area contributed by atoms with E-state index < -0.39 is 0 Å². The fraction of sp³-hybridized carbons (Fsp3) is 0.714.